The average molecular weight is 331 g/mol. The molecule has 106 valence electrons. The molecule has 3 rings (SSSR count). The summed E-state index contributed by atoms with van der Waals surface area (Å²) in [6, 6.07) is 18.8. The van der Waals surface area contributed by atoms with Gasteiger partial charge in [0.25, 0.3) is 0 Å². The van der Waals surface area contributed by atoms with Crippen molar-refractivity contribution in [3.8, 4) is 11.1 Å². The van der Waals surface area contributed by atoms with Crippen LogP contribution < -0.4 is 0 Å². The van der Waals surface area contributed by atoms with Crippen LogP contribution in [0.4, 0.5) is 0 Å². The van der Waals surface area contributed by atoms with Gasteiger partial charge >= 0.3 is 0 Å². The number of hydrogen-bond donors (Lipinski definition) is 0. The van der Waals surface area contributed by atoms with Crippen LogP contribution in [0.3, 0.4) is 0 Å². The lowest BCUT2D eigenvalue weighted by molar-refractivity contribution is 1.17. The fourth-order valence-corrected chi connectivity index (χ4v) is 4.29. The average Bonchev–Trinajstić information content (AvgIpc) is 2.92. The van der Waals surface area contributed by atoms with Gasteiger partial charge in [0.2, 0.25) is 0 Å². The van der Waals surface area contributed by atoms with E-state index in [1.54, 1.807) is 0 Å². The second-order valence-electron chi connectivity index (χ2n) is 4.79. The Balaban J connectivity index is 2.02. The molecule has 0 N–H and O–H groups in total. The summed E-state index contributed by atoms with van der Waals surface area (Å²) >= 11 is 9.65. The molecule has 3 aromatic rings. The van der Waals surface area contributed by atoms with Crippen molar-refractivity contribution in [3.05, 3.63) is 76.1 Å². The van der Waals surface area contributed by atoms with E-state index in [2.05, 4.69) is 54.1 Å². The zero-order chi connectivity index (χ0) is 14.7. The summed E-state index contributed by atoms with van der Waals surface area (Å²) in [5.74, 6) is 0. The highest BCUT2D eigenvalue weighted by atomic mass is 35.5. The summed E-state index contributed by atoms with van der Waals surface area (Å²) in [5, 5.41) is 3.04. The third-order valence-corrected chi connectivity index (χ3v) is 5.89. The molecule has 0 saturated carbocycles. The van der Waals surface area contributed by atoms with Crippen molar-refractivity contribution in [1.82, 2.24) is 0 Å². The van der Waals surface area contributed by atoms with Gasteiger partial charge in [-0.25, -0.2) is 0 Å². The van der Waals surface area contributed by atoms with Crippen molar-refractivity contribution in [2.24, 2.45) is 0 Å². The SMILES string of the molecule is CSc1scc(-c2ccc(Cl)cc2)c1Cc1ccccc1. The molecule has 21 heavy (non-hydrogen) atoms. The van der Waals surface area contributed by atoms with E-state index in [1.807, 2.05) is 35.2 Å². The number of rotatable bonds is 4. The van der Waals surface area contributed by atoms with Crippen LogP contribution in [0.1, 0.15) is 11.1 Å². The van der Waals surface area contributed by atoms with Crippen LogP contribution in [0.2, 0.25) is 5.02 Å². The van der Waals surface area contributed by atoms with Crippen molar-refractivity contribution in [2.75, 3.05) is 6.26 Å². The summed E-state index contributed by atoms with van der Waals surface area (Å²) in [7, 11) is 0. The van der Waals surface area contributed by atoms with Crippen molar-refractivity contribution >= 4 is 34.7 Å². The van der Waals surface area contributed by atoms with E-state index in [0.29, 0.717) is 0 Å². The van der Waals surface area contributed by atoms with Gasteiger partial charge in [-0.3, -0.25) is 0 Å². The van der Waals surface area contributed by atoms with Gasteiger partial charge < -0.3 is 0 Å². The van der Waals surface area contributed by atoms with Gasteiger partial charge in [0.1, 0.15) is 0 Å². The maximum absolute atomic E-state index is 6.00. The van der Waals surface area contributed by atoms with Crippen LogP contribution in [0.25, 0.3) is 11.1 Å². The maximum atomic E-state index is 6.00. The highest BCUT2D eigenvalue weighted by Gasteiger charge is 2.13. The van der Waals surface area contributed by atoms with Gasteiger partial charge in [0.05, 0.1) is 4.21 Å². The first-order valence-corrected chi connectivity index (χ1v) is 9.20. The number of thiophene rings is 1. The topological polar surface area (TPSA) is 0 Å². The normalized spacial score (nSPS) is 10.8. The minimum Gasteiger partial charge on any atom is -0.136 e. The first-order chi connectivity index (χ1) is 10.3. The van der Waals surface area contributed by atoms with E-state index in [1.165, 1.54) is 26.5 Å². The van der Waals surface area contributed by atoms with Gasteiger partial charge in [-0.05, 0) is 47.1 Å². The van der Waals surface area contributed by atoms with Gasteiger partial charge in [-0.15, -0.1) is 23.1 Å². The van der Waals surface area contributed by atoms with Crippen molar-refractivity contribution < 1.29 is 0 Å². The number of thioether (sulfide) groups is 1. The molecule has 0 atom stereocenters. The molecule has 0 radical (unpaired) electrons. The lowest BCUT2D eigenvalue weighted by Crippen LogP contribution is -1.90. The van der Waals surface area contributed by atoms with E-state index in [0.717, 1.165) is 11.4 Å². The first-order valence-electron chi connectivity index (χ1n) is 6.72. The van der Waals surface area contributed by atoms with Gasteiger partial charge in [0, 0.05) is 10.4 Å². The molecule has 0 unspecified atom stereocenters. The van der Waals surface area contributed by atoms with E-state index in [9.17, 15) is 0 Å². The monoisotopic (exact) mass is 330 g/mol. The van der Waals surface area contributed by atoms with Crippen molar-refractivity contribution in [1.29, 1.82) is 0 Å². The predicted molar refractivity (Wildman–Crippen MR) is 95.8 cm³/mol. The summed E-state index contributed by atoms with van der Waals surface area (Å²) < 4.78 is 1.39. The molecule has 0 nitrogen and oxygen atoms in total. The standard InChI is InChI=1S/C18H15ClS2/c1-20-18-16(11-13-5-3-2-4-6-13)17(12-21-18)14-7-9-15(19)10-8-14/h2-10,12H,11H2,1H3. The van der Waals surface area contributed by atoms with Crippen molar-refractivity contribution in [3.63, 3.8) is 0 Å². The molecule has 0 bridgehead atoms. The Hall–Kier alpha value is -1.22. The van der Waals surface area contributed by atoms with E-state index < -0.39 is 0 Å². The summed E-state index contributed by atoms with van der Waals surface area (Å²) in [6.45, 7) is 0. The zero-order valence-electron chi connectivity index (χ0n) is 11.7. The summed E-state index contributed by atoms with van der Waals surface area (Å²) in [4.78, 5) is 0. The fourth-order valence-electron chi connectivity index (χ4n) is 2.38. The van der Waals surface area contributed by atoms with Gasteiger partial charge in [0.15, 0.2) is 0 Å². The minimum atomic E-state index is 0.781. The van der Waals surface area contributed by atoms with E-state index in [-0.39, 0.29) is 0 Å². The Morgan fingerprint density at radius 2 is 1.71 bits per heavy atom. The molecule has 0 amide bonds. The molecule has 2 aromatic carbocycles. The van der Waals surface area contributed by atoms with Crippen LogP contribution in [-0.4, -0.2) is 6.26 Å². The molecule has 0 spiro atoms. The van der Waals surface area contributed by atoms with Crippen LogP contribution in [0.15, 0.2) is 64.2 Å². The second-order valence-corrected chi connectivity index (χ2v) is 7.18. The third-order valence-electron chi connectivity index (χ3n) is 3.42. The molecule has 1 heterocycles. The molecular formula is C18H15ClS2. The lowest BCUT2D eigenvalue weighted by atomic mass is 9.99. The molecule has 0 aliphatic rings. The predicted octanol–water partition coefficient (Wildman–Crippen LogP) is 6.38. The Kier molecular flexibility index (Phi) is 4.69. The molecular weight excluding hydrogens is 316 g/mol. The Bertz CT molecular complexity index is 715. The maximum Gasteiger partial charge on any atom is 0.0637 e. The first kappa shape index (κ1) is 14.7. The molecule has 3 heteroatoms. The van der Waals surface area contributed by atoms with Crippen LogP contribution in [0.5, 0.6) is 0 Å². The Morgan fingerprint density at radius 3 is 2.38 bits per heavy atom. The number of hydrogen-bond acceptors (Lipinski definition) is 2. The van der Waals surface area contributed by atoms with Crippen LogP contribution >= 0.6 is 34.7 Å². The lowest BCUT2D eigenvalue weighted by Gasteiger charge is -2.07. The third kappa shape index (κ3) is 3.34. The highest BCUT2D eigenvalue weighted by molar-refractivity contribution is 8.00. The summed E-state index contributed by atoms with van der Waals surface area (Å²) in [5.41, 5.74) is 5.33. The molecule has 0 aliphatic heterocycles. The van der Waals surface area contributed by atoms with Crippen LogP contribution in [0, 0.1) is 0 Å². The minimum absolute atomic E-state index is 0.781. The fraction of sp³-hybridized carbons (Fsp3) is 0.111. The summed E-state index contributed by atoms with van der Waals surface area (Å²) in [6.07, 6.45) is 3.12. The zero-order valence-corrected chi connectivity index (χ0v) is 14.1. The molecule has 0 saturated heterocycles. The molecule has 1 aromatic heterocycles. The quantitative estimate of drug-likeness (QED) is 0.500. The van der Waals surface area contributed by atoms with Crippen molar-refractivity contribution in [2.45, 2.75) is 10.6 Å². The van der Waals surface area contributed by atoms with E-state index in [4.69, 9.17) is 11.6 Å². The van der Waals surface area contributed by atoms with Gasteiger partial charge in [-0.2, -0.15) is 0 Å². The number of benzene rings is 2. The Morgan fingerprint density at radius 1 is 1.00 bits per heavy atom. The smallest absolute Gasteiger partial charge is 0.0637 e. The molecule has 0 aliphatic carbocycles. The Labute approximate surface area is 138 Å². The molecule has 0 fully saturated rings. The number of halogens is 1. The highest BCUT2D eigenvalue weighted by Crippen LogP contribution is 2.38. The second kappa shape index (κ2) is 6.69. The van der Waals surface area contributed by atoms with Crippen LogP contribution in [-0.2, 0) is 6.42 Å². The largest absolute Gasteiger partial charge is 0.136 e. The van der Waals surface area contributed by atoms with E-state index >= 15 is 0 Å². The van der Waals surface area contributed by atoms with Gasteiger partial charge in [-0.1, -0.05) is 54.1 Å².